The molecule has 0 aromatic heterocycles. The van der Waals surface area contributed by atoms with Crippen LogP contribution in [0.1, 0.15) is 13.8 Å². The van der Waals surface area contributed by atoms with Crippen LogP contribution in [0.5, 0.6) is 0 Å². The third-order valence-electron chi connectivity index (χ3n) is 0.632. The highest BCUT2D eigenvalue weighted by molar-refractivity contribution is 7.80. The molecular formula is C6H15NO6S. The van der Waals surface area contributed by atoms with Crippen LogP contribution in [0, 0.1) is 0 Å². The van der Waals surface area contributed by atoms with Gasteiger partial charge in [0.25, 0.3) is 0 Å². The first-order valence-electron chi connectivity index (χ1n) is 3.21. The van der Waals surface area contributed by atoms with Crippen molar-refractivity contribution in [3.8, 4) is 0 Å². The Bertz CT molecular complexity index is 258. The van der Waals surface area contributed by atoms with Gasteiger partial charge in [0.05, 0.1) is 6.61 Å². The zero-order valence-corrected chi connectivity index (χ0v) is 8.87. The van der Waals surface area contributed by atoms with Crippen LogP contribution >= 0.6 is 0 Å². The summed E-state index contributed by atoms with van der Waals surface area (Å²) >= 11 is 0. The van der Waals surface area contributed by atoms with Crippen molar-refractivity contribution in [2.45, 2.75) is 13.8 Å². The van der Waals surface area contributed by atoms with E-state index in [1.54, 1.807) is 0 Å². The van der Waals surface area contributed by atoms with Gasteiger partial charge in [-0.2, -0.15) is 8.42 Å². The molecule has 0 saturated carbocycles. The topological polar surface area (TPSA) is 136 Å². The second-order valence-electron chi connectivity index (χ2n) is 1.92. The summed E-state index contributed by atoms with van der Waals surface area (Å²) in [5.41, 5.74) is 0.176. The summed E-state index contributed by atoms with van der Waals surface area (Å²) < 4.78 is 30.7. The van der Waals surface area contributed by atoms with E-state index < -0.39 is 16.4 Å². The second kappa shape index (κ2) is 8.63. The molecule has 0 aromatic carbocycles. The Hall–Kier alpha value is -0.960. The maximum absolute atomic E-state index is 9.60. The van der Waals surface area contributed by atoms with E-state index in [4.69, 9.17) is 9.66 Å². The van der Waals surface area contributed by atoms with E-state index in [0.717, 1.165) is 0 Å². The Morgan fingerprint density at radius 1 is 1.50 bits per heavy atom. The monoisotopic (exact) mass is 229 g/mol. The predicted molar refractivity (Wildman–Crippen MR) is 50.6 cm³/mol. The molecule has 0 rings (SSSR count). The van der Waals surface area contributed by atoms with Crippen LogP contribution in [0.4, 0.5) is 0 Å². The van der Waals surface area contributed by atoms with Gasteiger partial charge in [0.15, 0.2) is 0 Å². The van der Waals surface area contributed by atoms with Crippen LogP contribution in [-0.2, 0) is 19.4 Å². The maximum Gasteiger partial charge on any atom is 0.397 e. The van der Waals surface area contributed by atoms with Crippen molar-refractivity contribution in [1.29, 1.82) is 0 Å². The number of aliphatic carboxylic acids is 1. The molecule has 0 aromatic rings. The molecule has 86 valence electrons. The fourth-order valence-corrected chi connectivity index (χ4v) is 0.447. The van der Waals surface area contributed by atoms with E-state index in [1.165, 1.54) is 13.8 Å². The minimum atomic E-state index is -4.17. The predicted octanol–water partition coefficient (Wildman–Crippen LogP) is 0.635. The summed E-state index contributed by atoms with van der Waals surface area (Å²) in [6, 6.07) is 0. The Balaban J connectivity index is -0.000000163. The normalized spacial score (nSPS) is 9.07. The summed E-state index contributed by atoms with van der Waals surface area (Å²) in [5, 5.41) is 7.89. The molecule has 0 heterocycles. The molecule has 0 saturated heterocycles. The molecule has 0 fully saturated rings. The molecule has 0 aliphatic heterocycles. The third kappa shape index (κ3) is 22.5. The quantitative estimate of drug-likeness (QED) is 0.477. The molecule has 0 unspecified atom stereocenters. The average Bonchev–Trinajstić information content (AvgIpc) is 1.85. The first-order chi connectivity index (χ1) is 5.70. The Kier molecular flexibility index (Phi) is 11.6. The van der Waals surface area contributed by atoms with Crippen LogP contribution in [0.2, 0.25) is 0 Å². The minimum absolute atomic E-state index is 0. The van der Waals surface area contributed by atoms with Gasteiger partial charge >= 0.3 is 16.4 Å². The van der Waals surface area contributed by atoms with Crippen molar-refractivity contribution in [2.24, 2.45) is 0 Å². The van der Waals surface area contributed by atoms with Crippen LogP contribution in [0.25, 0.3) is 0 Å². The smallest absolute Gasteiger partial charge is 0.397 e. The lowest BCUT2D eigenvalue weighted by Crippen LogP contribution is -2.01. The van der Waals surface area contributed by atoms with Gasteiger partial charge in [-0.1, -0.05) is 6.58 Å². The molecule has 0 aliphatic carbocycles. The average molecular weight is 229 g/mol. The molecule has 0 aliphatic rings. The molecular weight excluding hydrogens is 214 g/mol. The Morgan fingerprint density at radius 2 is 1.79 bits per heavy atom. The van der Waals surface area contributed by atoms with Gasteiger partial charge in [0.1, 0.15) is 0 Å². The van der Waals surface area contributed by atoms with Gasteiger partial charge < -0.3 is 11.3 Å². The lowest BCUT2D eigenvalue weighted by molar-refractivity contribution is -0.132. The number of carboxylic acid groups (broad SMARTS) is 1. The molecule has 0 bridgehead atoms. The van der Waals surface area contributed by atoms with E-state index in [2.05, 4.69) is 10.8 Å². The standard InChI is InChI=1S/C4H6O2.C2H6O4S.H3N/c1-3(2)4(5)6;1-2-6-7(3,4)5;/h1H2,2H3,(H,5,6);2H2,1H3,(H,3,4,5);1H3. The second-order valence-corrected chi connectivity index (χ2v) is 3.01. The number of rotatable bonds is 3. The Labute approximate surface area is 82.9 Å². The SMILES string of the molecule is C=C(C)C(=O)O.CCOS(=O)(=O)O.N. The molecule has 0 atom stereocenters. The van der Waals surface area contributed by atoms with Crippen molar-refractivity contribution < 1.29 is 27.1 Å². The highest BCUT2D eigenvalue weighted by Crippen LogP contribution is 1.81. The molecule has 5 N–H and O–H groups in total. The number of hydrogen-bond acceptors (Lipinski definition) is 5. The van der Waals surface area contributed by atoms with Crippen molar-refractivity contribution >= 4 is 16.4 Å². The minimum Gasteiger partial charge on any atom is -0.478 e. The van der Waals surface area contributed by atoms with Gasteiger partial charge in [-0.15, -0.1) is 0 Å². The van der Waals surface area contributed by atoms with E-state index in [0.29, 0.717) is 0 Å². The number of hydrogen-bond donors (Lipinski definition) is 3. The fourth-order valence-electron chi connectivity index (χ4n) is 0.149. The molecule has 7 nitrogen and oxygen atoms in total. The molecule has 0 radical (unpaired) electrons. The molecule has 14 heavy (non-hydrogen) atoms. The van der Waals surface area contributed by atoms with Gasteiger partial charge in [-0.3, -0.25) is 4.55 Å². The zero-order valence-electron chi connectivity index (χ0n) is 8.06. The lowest BCUT2D eigenvalue weighted by atomic mass is 10.4. The fraction of sp³-hybridized carbons (Fsp3) is 0.500. The van der Waals surface area contributed by atoms with E-state index in [9.17, 15) is 13.2 Å². The summed E-state index contributed by atoms with van der Waals surface area (Å²) in [6.07, 6.45) is 0. The van der Waals surface area contributed by atoms with Crippen molar-refractivity contribution in [3.63, 3.8) is 0 Å². The maximum atomic E-state index is 9.60. The van der Waals surface area contributed by atoms with Crippen molar-refractivity contribution in [2.75, 3.05) is 6.61 Å². The number of carboxylic acids is 1. The summed E-state index contributed by atoms with van der Waals surface area (Å²) in [5.74, 6) is -0.935. The first kappa shape index (κ1) is 18.8. The van der Waals surface area contributed by atoms with Crippen molar-refractivity contribution in [1.82, 2.24) is 6.15 Å². The van der Waals surface area contributed by atoms with E-state index >= 15 is 0 Å². The molecule has 8 heteroatoms. The van der Waals surface area contributed by atoms with Crippen LogP contribution in [0.15, 0.2) is 12.2 Å². The highest BCUT2D eigenvalue weighted by atomic mass is 32.3. The lowest BCUT2D eigenvalue weighted by Gasteiger charge is -1.88. The van der Waals surface area contributed by atoms with Crippen LogP contribution < -0.4 is 6.15 Å². The molecule has 0 spiro atoms. The summed E-state index contributed by atoms with van der Waals surface area (Å²) in [7, 11) is -4.17. The number of carbonyl (C=O) groups is 1. The van der Waals surface area contributed by atoms with Crippen LogP contribution in [-0.4, -0.2) is 30.7 Å². The van der Waals surface area contributed by atoms with E-state index in [-0.39, 0.29) is 18.3 Å². The zero-order chi connectivity index (χ0) is 11.1. The van der Waals surface area contributed by atoms with Gasteiger partial charge in [0.2, 0.25) is 0 Å². The van der Waals surface area contributed by atoms with E-state index in [1.807, 2.05) is 0 Å². The molecule has 0 amide bonds. The summed E-state index contributed by atoms with van der Waals surface area (Å²) in [4.78, 5) is 9.60. The van der Waals surface area contributed by atoms with Gasteiger partial charge in [-0.05, 0) is 13.8 Å². The Morgan fingerprint density at radius 3 is 1.79 bits per heavy atom. The third-order valence-corrected chi connectivity index (χ3v) is 1.17. The highest BCUT2D eigenvalue weighted by Gasteiger charge is 1.98. The van der Waals surface area contributed by atoms with Gasteiger partial charge in [-0.25, -0.2) is 8.98 Å². The van der Waals surface area contributed by atoms with Gasteiger partial charge in [0, 0.05) is 5.57 Å². The first-order valence-corrected chi connectivity index (χ1v) is 4.57. The van der Waals surface area contributed by atoms with Crippen molar-refractivity contribution in [3.05, 3.63) is 12.2 Å². The van der Waals surface area contributed by atoms with Crippen LogP contribution in [0.3, 0.4) is 0 Å². The largest absolute Gasteiger partial charge is 0.478 e. The summed E-state index contributed by atoms with van der Waals surface area (Å²) in [6.45, 7) is 6.04.